The number of aromatic nitrogens is 1. The summed E-state index contributed by atoms with van der Waals surface area (Å²) in [5.74, 6) is 0. The van der Waals surface area contributed by atoms with Crippen LogP contribution in [-0.4, -0.2) is 19.9 Å². The van der Waals surface area contributed by atoms with Crippen molar-refractivity contribution < 1.29 is 8.42 Å². The Kier molecular flexibility index (Phi) is 5.22. The molecule has 142 valence electrons. The van der Waals surface area contributed by atoms with E-state index >= 15 is 0 Å². The predicted octanol–water partition coefficient (Wildman–Crippen LogP) is 3.28. The highest BCUT2D eigenvalue weighted by atomic mass is 32.2. The van der Waals surface area contributed by atoms with E-state index in [4.69, 9.17) is 0 Å². The second kappa shape index (κ2) is 7.29. The van der Waals surface area contributed by atoms with Crippen molar-refractivity contribution in [1.29, 1.82) is 0 Å². The van der Waals surface area contributed by atoms with Gasteiger partial charge in [-0.3, -0.25) is 4.79 Å². The minimum Gasteiger partial charge on any atom is -0.322 e. The standard InChI is InChI=1S/C21H24N2O3S/c1-13-5-6-14(2)20(9-13)27(25,26)22-8-7-17-12-18-10-15(3)16(4)11-19(18)23-21(17)24/h5-6,9-12,22H,7-8H2,1-4H3,(H,23,24). The summed E-state index contributed by atoms with van der Waals surface area (Å²) in [5.41, 5.74) is 5.03. The Bertz CT molecular complexity index is 1180. The molecule has 0 saturated heterocycles. The van der Waals surface area contributed by atoms with E-state index in [0.29, 0.717) is 17.5 Å². The second-order valence-electron chi connectivity index (χ2n) is 7.06. The lowest BCUT2D eigenvalue weighted by atomic mass is 10.0. The molecule has 0 radical (unpaired) electrons. The summed E-state index contributed by atoms with van der Waals surface area (Å²) in [4.78, 5) is 15.5. The molecule has 1 heterocycles. The maximum atomic E-state index is 12.6. The molecular weight excluding hydrogens is 360 g/mol. The average Bonchev–Trinajstić information content (AvgIpc) is 2.59. The Labute approximate surface area is 159 Å². The van der Waals surface area contributed by atoms with E-state index in [9.17, 15) is 13.2 Å². The maximum Gasteiger partial charge on any atom is 0.251 e. The van der Waals surface area contributed by atoms with Crippen LogP contribution in [0.4, 0.5) is 0 Å². The lowest BCUT2D eigenvalue weighted by molar-refractivity contribution is 0.581. The van der Waals surface area contributed by atoms with E-state index in [0.717, 1.165) is 27.6 Å². The fourth-order valence-corrected chi connectivity index (χ4v) is 4.46. The first-order chi connectivity index (χ1) is 12.7. The largest absolute Gasteiger partial charge is 0.322 e. The highest BCUT2D eigenvalue weighted by molar-refractivity contribution is 7.89. The quantitative estimate of drug-likeness (QED) is 0.708. The summed E-state index contributed by atoms with van der Waals surface area (Å²) in [6, 6.07) is 11.2. The molecule has 0 saturated carbocycles. The molecule has 0 spiro atoms. The van der Waals surface area contributed by atoms with Crippen molar-refractivity contribution in [2.45, 2.75) is 39.0 Å². The number of benzene rings is 2. The Morgan fingerprint density at radius 1 is 0.926 bits per heavy atom. The van der Waals surface area contributed by atoms with Crippen molar-refractivity contribution in [3.63, 3.8) is 0 Å². The molecule has 2 N–H and O–H groups in total. The van der Waals surface area contributed by atoms with Crippen molar-refractivity contribution >= 4 is 20.9 Å². The molecule has 0 amide bonds. The van der Waals surface area contributed by atoms with Gasteiger partial charge in [0.2, 0.25) is 10.0 Å². The lowest BCUT2D eigenvalue weighted by Gasteiger charge is -2.10. The number of fused-ring (bicyclic) bond motifs is 1. The number of hydrogen-bond donors (Lipinski definition) is 2. The SMILES string of the molecule is Cc1ccc(C)c(S(=O)(=O)NCCc2cc3cc(C)c(C)cc3[nH]c2=O)c1. The Morgan fingerprint density at radius 3 is 2.37 bits per heavy atom. The Hall–Kier alpha value is -2.44. The zero-order valence-electron chi connectivity index (χ0n) is 16.0. The van der Waals surface area contributed by atoms with Gasteiger partial charge >= 0.3 is 0 Å². The highest BCUT2D eigenvalue weighted by Crippen LogP contribution is 2.18. The van der Waals surface area contributed by atoms with Crippen LogP contribution in [0.1, 0.15) is 27.8 Å². The summed E-state index contributed by atoms with van der Waals surface area (Å²) in [5, 5.41) is 0.949. The third-order valence-corrected chi connectivity index (χ3v) is 6.46. The van der Waals surface area contributed by atoms with Gasteiger partial charge in [-0.15, -0.1) is 0 Å². The zero-order chi connectivity index (χ0) is 19.8. The van der Waals surface area contributed by atoms with E-state index in [-0.39, 0.29) is 17.0 Å². The van der Waals surface area contributed by atoms with Crippen molar-refractivity contribution in [1.82, 2.24) is 9.71 Å². The van der Waals surface area contributed by atoms with Crippen LogP contribution in [0.3, 0.4) is 0 Å². The molecule has 0 fully saturated rings. The molecule has 3 rings (SSSR count). The molecule has 0 aliphatic rings. The molecule has 0 atom stereocenters. The number of H-pyrrole nitrogens is 1. The first kappa shape index (κ1) is 19.3. The van der Waals surface area contributed by atoms with Gasteiger partial charge in [-0.25, -0.2) is 13.1 Å². The normalized spacial score (nSPS) is 11.9. The number of rotatable bonds is 5. The maximum absolute atomic E-state index is 12.6. The highest BCUT2D eigenvalue weighted by Gasteiger charge is 2.16. The molecule has 0 aliphatic heterocycles. The van der Waals surface area contributed by atoms with E-state index in [2.05, 4.69) is 9.71 Å². The predicted molar refractivity (Wildman–Crippen MR) is 109 cm³/mol. The number of hydrogen-bond acceptors (Lipinski definition) is 3. The van der Waals surface area contributed by atoms with Gasteiger partial charge in [-0.05, 0) is 86.0 Å². The van der Waals surface area contributed by atoms with Gasteiger partial charge in [0.25, 0.3) is 5.56 Å². The number of nitrogens with one attached hydrogen (secondary N) is 2. The molecule has 27 heavy (non-hydrogen) atoms. The van der Waals surface area contributed by atoms with Gasteiger partial charge in [-0.2, -0.15) is 0 Å². The van der Waals surface area contributed by atoms with Gasteiger partial charge in [0, 0.05) is 17.6 Å². The number of aromatic amines is 1. The molecule has 2 aromatic carbocycles. The fourth-order valence-electron chi connectivity index (χ4n) is 3.10. The smallest absolute Gasteiger partial charge is 0.251 e. The molecule has 0 unspecified atom stereocenters. The molecule has 0 bridgehead atoms. The summed E-state index contributed by atoms with van der Waals surface area (Å²) in [7, 11) is -3.61. The fraction of sp³-hybridized carbons (Fsp3) is 0.286. The first-order valence-electron chi connectivity index (χ1n) is 8.87. The molecule has 3 aromatic rings. The minimum atomic E-state index is -3.61. The van der Waals surface area contributed by atoms with Crippen LogP contribution < -0.4 is 10.3 Å². The van der Waals surface area contributed by atoms with E-state index < -0.39 is 10.0 Å². The van der Waals surface area contributed by atoms with Crippen molar-refractivity contribution in [2.24, 2.45) is 0 Å². The Morgan fingerprint density at radius 2 is 1.63 bits per heavy atom. The molecule has 5 nitrogen and oxygen atoms in total. The first-order valence-corrected chi connectivity index (χ1v) is 10.4. The summed E-state index contributed by atoms with van der Waals surface area (Å²) >= 11 is 0. The molecule has 1 aromatic heterocycles. The van der Waals surface area contributed by atoms with Crippen LogP contribution in [-0.2, 0) is 16.4 Å². The number of aryl methyl sites for hydroxylation is 4. The van der Waals surface area contributed by atoms with E-state index in [1.807, 2.05) is 45.0 Å². The van der Waals surface area contributed by atoms with Gasteiger partial charge < -0.3 is 4.98 Å². The zero-order valence-corrected chi connectivity index (χ0v) is 16.8. The summed E-state index contributed by atoms with van der Waals surface area (Å²) in [6.07, 6.45) is 0.322. The lowest BCUT2D eigenvalue weighted by Crippen LogP contribution is -2.28. The van der Waals surface area contributed by atoms with Gasteiger partial charge in [-0.1, -0.05) is 12.1 Å². The van der Waals surface area contributed by atoms with Crippen LogP contribution >= 0.6 is 0 Å². The molecule has 6 heteroatoms. The average molecular weight is 385 g/mol. The number of pyridine rings is 1. The topological polar surface area (TPSA) is 79.0 Å². The molecule has 0 aliphatic carbocycles. The third-order valence-electron chi connectivity index (χ3n) is 4.86. The van der Waals surface area contributed by atoms with Crippen LogP contribution in [0.5, 0.6) is 0 Å². The van der Waals surface area contributed by atoms with Crippen molar-refractivity contribution in [3.05, 3.63) is 74.6 Å². The van der Waals surface area contributed by atoms with E-state index in [1.165, 1.54) is 0 Å². The van der Waals surface area contributed by atoms with Gasteiger partial charge in [0.1, 0.15) is 0 Å². The third kappa shape index (κ3) is 4.12. The monoisotopic (exact) mass is 384 g/mol. The number of sulfonamides is 1. The van der Waals surface area contributed by atoms with E-state index in [1.54, 1.807) is 19.1 Å². The second-order valence-corrected chi connectivity index (χ2v) is 8.80. The van der Waals surface area contributed by atoms with Crippen LogP contribution in [0, 0.1) is 27.7 Å². The van der Waals surface area contributed by atoms with Crippen LogP contribution in [0.2, 0.25) is 0 Å². The van der Waals surface area contributed by atoms with Crippen molar-refractivity contribution in [3.8, 4) is 0 Å². The summed E-state index contributed by atoms with van der Waals surface area (Å²) < 4.78 is 27.8. The van der Waals surface area contributed by atoms with Crippen LogP contribution in [0.15, 0.2) is 46.1 Å². The minimum absolute atomic E-state index is 0.162. The van der Waals surface area contributed by atoms with Gasteiger partial charge in [0.05, 0.1) is 4.90 Å². The van der Waals surface area contributed by atoms with Crippen LogP contribution in [0.25, 0.3) is 10.9 Å². The summed E-state index contributed by atoms with van der Waals surface area (Å²) in [6.45, 7) is 7.82. The molecular formula is C21H24N2O3S. The van der Waals surface area contributed by atoms with Gasteiger partial charge in [0.15, 0.2) is 0 Å². The van der Waals surface area contributed by atoms with Crippen molar-refractivity contribution in [2.75, 3.05) is 6.54 Å². The Balaban J connectivity index is 1.80.